The average molecular weight is 471 g/mol. The van der Waals surface area contributed by atoms with Crippen LogP contribution in [0.15, 0.2) is 54.3 Å². The Labute approximate surface area is 195 Å². The molecule has 0 fully saturated rings. The second kappa shape index (κ2) is 9.42. The molecule has 0 aromatic heterocycles. The quantitative estimate of drug-likeness (QED) is 0.413. The fourth-order valence-electron chi connectivity index (χ4n) is 3.36. The Balaban J connectivity index is 1.57. The van der Waals surface area contributed by atoms with Gasteiger partial charge in [-0.15, -0.1) is 0 Å². The van der Waals surface area contributed by atoms with Crippen molar-refractivity contribution < 1.29 is 32.9 Å². The number of carbonyl (C=O) groups is 1. The maximum absolute atomic E-state index is 13.2. The van der Waals surface area contributed by atoms with Gasteiger partial charge in [-0.3, -0.25) is 4.79 Å². The molecule has 6 nitrogen and oxygen atoms in total. The molecule has 0 spiro atoms. The smallest absolute Gasteiger partial charge is 0.231 e. The van der Waals surface area contributed by atoms with Crippen molar-refractivity contribution in [1.29, 1.82) is 0 Å². The van der Waals surface area contributed by atoms with Crippen LogP contribution in [0.25, 0.3) is 6.08 Å². The standard InChI is InChI=1S/C25H20ClFO6/c1-29-20-12-23(31-3)22(30-2)8-15(20)9-24-25(28)18-7-6-17(11-21(18)33-24)32-13-14-4-5-16(27)10-19(14)26/h4-12H,13H2,1-3H3/b24-9-. The molecule has 0 saturated heterocycles. The van der Waals surface area contributed by atoms with E-state index in [1.54, 1.807) is 42.5 Å². The summed E-state index contributed by atoms with van der Waals surface area (Å²) in [6, 6.07) is 12.4. The van der Waals surface area contributed by atoms with E-state index in [1.807, 2.05) is 0 Å². The van der Waals surface area contributed by atoms with Gasteiger partial charge in [-0.25, -0.2) is 4.39 Å². The van der Waals surface area contributed by atoms with Crippen LogP contribution in [0.1, 0.15) is 21.5 Å². The minimum Gasteiger partial charge on any atom is -0.496 e. The Kier molecular flexibility index (Phi) is 6.42. The van der Waals surface area contributed by atoms with E-state index in [0.717, 1.165) is 0 Å². The maximum Gasteiger partial charge on any atom is 0.231 e. The Morgan fingerprint density at radius 1 is 0.939 bits per heavy atom. The van der Waals surface area contributed by atoms with Gasteiger partial charge in [0.25, 0.3) is 0 Å². The molecule has 3 aromatic carbocycles. The Hall–Kier alpha value is -3.71. The number of carbonyl (C=O) groups excluding carboxylic acids is 1. The first kappa shape index (κ1) is 22.5. The highest BCUT2D eigenvalue weighted by molar-refractivity contribution is 6.31. The molecular formula is C25H20ClFO6. The normalized spacial score (nSPS) is 13.5. The lowest BCUT2D eigenvalue weighted by Gasteiger charge is -2.12. The zero-order valence-electron chi connectivity index (χ0n) is 18.1. The van der Waals surface area contributed by atoms with Crippen LogP contribution in [0.2, 0.25) is 5.02 Å². The molecule has 0 amide bonds. The van der Waals surface area contributed by atoms with Crippen molar-refractivity contribution in [2.45, 2.75) is 6.61 Å². The summed E-state index contributed by atoms with van der Waals surface area (Å²) in [4.78, 5) is 12.9. The highest BCUT2D eigenvalue weighted by Crippen LogP contribution is 2.39. The van der Waals surface area contributed by atoms with E-state index >= 15 is 0 Å². The summed E-state index contributed by atoms with van der Waals surface area (Å²) in [5.41, 5.74) is 1.64. The topological polar surface area (TPSA) is 63.2 Å². The van der Waals surface area contributed by atoms with Gasteiger partial charge in [0.1, 0.15) is 29.7 Å². The maximum atomic E-state index is 13.2. The molecule has 0 radical (unpaired) electrons. The number of Topliss-reactive ketones (excluding diaryl/α,β-unsaturated/α-hetero) is 1. The number of allylic oxidation sites excluding steroid dienone is 1. The molecule has 0 bridgehead atoms. The van der Waals surface area contributed by atoms with Crippen molar-refractivity contribution in [3.63, 3.8) is 0 Å². The van der Waals surface area contributed by atoms with Crippen LogP contribution in [-0.4, -0.2) is 27.1 Å². The predicted molar refractivity (Wildman–Crippen MR) is 121 cm³/mol. The van der Waals surface area contributed by atoms with Crippen molar-refractivity contribution in [3.05, 3.63) is 81.8 Å². The van der Waals surface area contributed by atoms with Gasteiger partial charge < -0.3 is 23.7 Å². The van der Waals surface area contributed by atoms with Crippen molar-refractivity contribution in [1.82, 2.24) is 0 Å². The summed E-state index contributed by atoms with van der Waals surface area (Å²) in [6.45, 7) is 0.136. The number of halogens is 2. The highest BCUT2D eigenvalue weighted by Gasteiger charge is 2.28. The van der Waals surface area contributed by atoms with Crippen molar-refractivity contribution in [2.24, 2.45) is 0 Å². The van der Waals surface area contributed by atoms with Crippen LogP contribution < -0.4 is 23.7 Å². The number of ketones is 1. The summed E-state index contributed by atoms with van der Waals surface area (Å²) in [5.74, 6) is 1.78. The van der Waals surface area contributed by atoms with Crippen molar-refractivity contribution in [2.75, 3.05) is 21.3 Å². The first-order valence-electron chi connectivity index (χ1n) is 9.88. The number of rotatable bonds is 7. The van der Waals surface area contributed by atoms with E-state index in [0.29, 0.717) is 45.4 Å². The molecule has 170 valence electrons. The van der Waals surface area contributed by atoms with Crippen LogP contribution in [-0.2, 0) is 6.61 Å². The SMILES string of the molecule is COc1cc(OC)c(OC)cc1/C=C1\Oc2cc(OCc3ccc(F)cc3Cl)ccc2C1=O. The number of ether oxygens (including phenoxy) is 5. The monoisotopic (exact) mass is 470 g/mol. The molecule has 1 aliphatic rings. The Bertz CT molecular complexity index is 1250. The highest BCUT2D eigenvalue weighted by atomic mass is 35.5. The first-order valence-corrected chi connectivity index (χ1v) is 10.3. The summed E-state index contributed by atoms with van der Waals surface area (Å²) >= 11 is 6.05. The second-order valence-corrected chi connectivity index (χ2v) is 7.48. The minimum atomic E-state index is -0.418. The molecule has 0 unspecified atom stereocenters. The van der Waals surface area contributed by atoms with Gasteiger partial charge in [-0.2, -0.15) is 0 Å². The minimum absolute atomic E-state index is 0.134. The first-order chi connectivity index (χ1) is 15.9. The zero-order chi connectivity index (χ0) is 23.5. The van der Waals surface area contributed by atoms with Crippen LogP contribution in [0.3, 0.4) is 0 Å². The molecule has 0 atom stereocenters. The largest absolute Gasteiger partial charge is 0.496 e. The predicted octanol–water partition coefficient (Wildman–Crippen LogP) is 5.70. The number of benzene rings is 3. The lowest BCUT2D eigenvalue weighted by atomic mass is 10.1. The molecule has 0 saturated carbocycles. The molecule has 33 heavy (non-hydrogen) atoms. The summed E-state index contributed by atoms with van der Waals surface area (Å²) in [5, 5.41) is 0.275. The second-order valence-electron chi connectivity index (χ2n) is 7.07. The van der Waals surface area contributed by atoms with E-state index in [-0.39, 0.29) is 23.2 Å². The van der Waals surface area contributed by atoms with Gasteiger partial charge in [-0.05, 0) is 36.4 Å². The van der Waals surface area contributed by atoms with E-state index in [1.165, 1.54) is 33.5 Å². The average Bonchev–Trinajstić information content (AvgIpc) is 3.12. The summed E-state index contributed by atoms with van der Waals surface area (Å²) in [7, 11) is 4.57. The summed E-state index contributed by atoms with van der Waals surface area (Å²) < 4.78 is 40.8. The summed E-state index contributed by atoms with van der Waals surface area (Å²) in [6.07, 6.45) is 1.59. The van der Waals surface area contributed by atoms with Gasteiger partial charge in [0.15, 0.2) is 17.3 Å². The third kappa shape index (κ3) is 4.59. The van der Waals surface area contributed by atoms with Crippen LogP contribution >= 0.6 is 11.6 Å². The van der Waals surface area contributed by atoms with E-state index in [9.17, 15) is 9.18 Å². The van der Waals surface area contributed by atoms with Crippen LogP contribution in [0.5, 0.6) is 28.7 Å². The van der Waals surface area contributed by atoms with Crippen molar-refractivity contribution in [3.8, 4) is 28.7 Å². The third-order valence-corrected chi connectivity index (χ3v) is 5.43. The van der Waals surface area contributed by atoms with E-state index in [2.05, 4.69) is 0 Å². The number of hydrogen-bond donors (Lipinski definition) is 0. The zero-order valence-corrected chi connectivity index (χ0v) is 18.9. The molecule has 8 heteroatoms. The van der Waals surface area contributed by atoms with Crippen LogP contribution in [0, 0.1) is 5.82 Å². The van der Waals surface area contributed by atoms with Gasteiger partial charge in [-0.1, -0.05) is 17.7 Å². The van der Waals surface area contributed by atoms with Gasteiger partial charge in [0.05, 0.1) is 31.9 Å². The lowest BCUT2D eigenvalue weighted by Crippen LogP contribution is -2.00. The molecule has 3 aromatic rings. The Morgan fingerprint density at radius 2 is 1.67 bits per heavy atom. The van der Waals surface area contributed by atoms with Gasteiger partial charge >= 0.3 is 0 Å². The lowest BCUT2D eigenvalue weighted by molar-refractivity contribution is 0.101. The van der Waals surface area contributed by atoms with E-state index < -0.39 is 5.82 Å². The van der Waals surface area contributed by atoms with E-state index in [4.69, 9.17) is 35.3 Å². The van der Waals surface area contributed by atoms with Gasteiger partial charge in [0, 0.05) is 23.3 Å². The Morgan fingerprint density at radius 3 is 2.36 bits per heavy atom. The number of fused-ring (bicyclic) bond motifs is 1. The van der Waals surface area contributed by atoms with Gasteiger partial charge in [0.2, 0.25) is 5.78 Å². The fourth-order valence-corrected chi connectivity index (χ4v) is 3.59. The fraction of sp³-hybridized carbons (Fsp3) is 0.160. The molecule has 1 heterocycles. The third-order valence-electron chi connectivity index (χ3n) is 5.07. The molecule has 4 rings (SSSR count). The van der Waals surface area contributed by atoms with Crippen molar-refractivity contribution >= 4 is 23.5 Å². The molecule has 1 aliphatic heterocycles. The molecule has 0 N–H and O–H groups in total. The number of methoxy groups -OCH3 is 3. The van der Waals surface area contributed by atoms with Crippen LogP contribution in [0.4, 0.5) is 4.39 Å². The molecular weight excluding hydrogens is 451 g/mol. The molecule has 0 aliphatic carbocycles. The number of hydrogen-bond acceptors (Lipinski definition) is 6.